The predicted octanol–water partition coefficient (Wildman–Crippen LogP) is 4.85. The van der Waals surface area contributed by atoms with Crippen molar-refractivity contribution in [2.24, 2.45) is 0 Å². The number of aryl methyl sites for hydroxylation is 1. The molecule has 0 bridgehead atoms. The van der Waals surface area contributed by atoms with E-state index in [1.165, 1.54) is 15.8 Å². The SMILES string of the molecule is CCNC(Cc1ccc(Br)cc1F)c1ccc(C)s1. The summed E-state index contributed by atoms with van der Waals surface area (Å²) in [5.74, 6) is -0.148. The Hall–Kier alpha value is -0.710. The summed E-state index contributed by atoms with van der Waals surface area (Å²) in [6, 6.07) is 9.69. The van der Waals surface area contributed by atoms with Crippen LogP contribution in [0.1, 0.15) is 28.3 Å². The van der Waals surface area contributed by atoms with E-state index < -0.39 is 0 Å². The fraction of sp³-hybridized carbons (Fsp3) is 0.333. The standard InChI is InChI=1S/C15H17BrFNS/c1-3-18-14(15-7-4-10(2)19-15)8-11-5-6-12(16)9-13(11)17/h4-7,9,14,18H,3,8H2,1-2H3. The minimum absolute atomic E-state index is 0.148. The molecule has 0 saturated carbocycles. The molecule has 1 heterocycles. The molecule has 0 aliphatic rings. The molecule has 0 radical (unpaired) electrons. The van der Waals surface area contributed by atoms with Crippen LogP contribution in [-0.2, 0) is 6.42 Å². The third-order valence-electron chi connectivity index (χ3n) is 2.99. The third-order valence-corrected chi connectivity index (χ3v) is 4.60. The minimum Gasteiger partial charge on any atom is -0.309 e. The van der Waals surface area contributed by atoms with Crippen molar-refractivity contribution in [2.75, 3.05) is 6.54 Å². The molecule has 1 atom stereocenters. The lowest BCUT2D eigenvalue weighted by Crippen LogP contribution is -2.22. The first kappa shape index (κ1) is 14.7. The van der Waals surface area contributed by atoms with Gasteiger partial charge in [-0.25, -0.2) is 4.39 Å². The van der Waals surface area contributed by atoms with Gasteiger partial charge in [-0.2, -0.15) is 0 Å². The molecule has 1 nitrogen and oxygen atoms in total. The van der Waals surface area contributed by atoms with Crippen molar-refractivity contribution in [2.45, 2.75) is 26.3 Å². The van der Waals surface area contributed by atoms with E-state index in [2.05, 4.69) is 47.2 Å². The van der Waals surface area contributed by atoms with Crippen molar-refractivity contribution in [3.63, 3.8) is 0 Å². The van der Waals surface area contributed by atoms with Crippen LogP contribution in [0.2, 0.25) is 0 Å². The monoisotopic (exact) mass is 341 g/mol. The summed E-state index contributed by atoms with van der Waals surface area (Å²) in [7, 11) is 0. The van der Waals surface area contributed by atoms with Crippen molar-refractivity contribution >= 4 is 27.3 Å². The molecule has 0 aliphatic heterocycles. The Morgan fingerprint density at radius 2 is 2.11 bits per heavy atom. The quantitative estimate of drug-likeness (QED) is 0.819. The maximum atomic E-state index is 13.9. The molecular formula is C15H17BrFNS. The summed E-state index contributed by atoms with van der Waals surface area (Å²) >= 11 is 5.06. The number of halogens is 2. The Kier molecular flexibility index (Phi) is 5.13. The fourth-order valence-electron chi connectivity index (χ4n) is 2.07. The van der Waals surface area contributed by atoms with E-state index in [0.717, 1.165) is 16.6 Å². The first-order valence-electron chi connectivity index (χ1n) is 6.33. The molecule has 1 aromatic heterocycles. The smallest absolute Gasteiger partial charge is 0.127 e. The molecule has 2 rings (SSSR count). The van der Waals surface area contributed by atoms with Gasteiger partial charge in [0.05, 0.1) is 0 Å². The Bertz CT molecular complexity index is 553. The van der Waals surface area contributed by atoms with E-state index in [1.807, 2.05) is 12.1 Å². The van der Waals surface area contributed by atoms with E-state index in [9.17, 15) is 4.39 Å². The Morgan fingerprint density at radius 1 is 1.32 bits per heavy atom. The van der Waals surface area contributed by atoms with Crippen LogP contribution >= 0.6 is 27.3 Å². The van der Waals surface area contributed by atoms with Crippen molar-refractivity contribution in [3.8, 4) is 0 Å². The molecule has 0 fully saturated rings. The van der Waals surface area contributed by atoms with Gasteiger partial charge in [0, 0.05) is 20.3 Å². The average molecular weight is 342 g/mol. The van der Waals surface area contributed by atoms with Gasteiger partial charge in [-0.05, 0) is 49.7 Å². The summed E-state index contributed by atoms with van der Waals surface area (Å²) in [6.07, 6.45) is 0.674. The highest BCUT2D eigenvalue weighted by Gasteiger charge is 2.15. The van der Waals surface area contributed by atoms with Gasteiger partial charge in [-0.3, -0.25) is 0 Å². The summed E-state index contributed by atoms with van der Waals surface area (Å²) in [5.41, 5.74) is 0.750. The summed E-state index contributed by atoms with van der Waals surface area (Å²) in [4.78, 5) is 2.55. The molecule has 102 valence electrons. The van der Waals surface area contributed by atoms with Gasteiger partial charge in [0.25, 0.3) is 0 Å². The van der Waals surface area contributed by atoms with E-state index in [0.29, 0.717) is 6.42 Å². The first-order valence-corrected chi connectivity index (χ1v) is 7.94. The molecule has 4 heteroatoms. The fourth-order valence-corrected chi connectivity index (χ4v) is 3.35. The van der Waals surface area contributed by atoms with Crippen LogP contribution in [0.25, 0.3) is 0 Å². The number of hydrogen-bond acceptors (Lipinski definition) is 2. The molecule has 1 aromatic carbocycles. The zero-order valence-corrected chi connectivity index (χ0v) is 13.4. The summed E-state index contributed by atoms with van der Waals surface area (Å²) in [6.45, 7) is 5.04. The molecule has 1 unspecified atom stereocenters. The number of benzene rings is 1. The van der Waals surface area contributed by atoms with E-state index in [4.69, 9.17) is 0 Å². The first-order chi connectivity index (χ1) is 9.10. The molecule has 19 heavy (non-hydrogen) atoms. The van der Waals surface area contributed by atoms with E-state index in [1.54, 1.807) is 11.3 Å². The van der Waals surface area contributed by atoms with Gasteiger partial charge in [-0.1, -0.05) is 28.9 Å². The van der Waals surface area contributed by atoms with Gasteiger partial charge >= 0.3 is 0 Å². The van der Waals surface area contributed by atoms with Gasteiger partial charge in [0.2, 0.25) is 0 Å². The van der Waals surface area contributed by atoms with E-state index in [-0.39, 0.29) is 11.9 Å². The normalized spacial score (nSPS) is 12.6. The van der Waals surface area contributed by atoms with Crippen molar-refractivity contribution in [3.05, 3.63) is 55.9 Å². The number of nitrogens with one attached hydrogen (secondary N) is 1. The maximum Gasteiger partial charge on any atom is 0.127 e. The summed E-state index contributed by atoms with van der Waals surface area (Å²) in [5, 5.41) is 3.43. The van der Waals surface area contributed by atoms with Crippen LogP contribution in [0.3, 0.4) is 0 Å². The second-order valence-electron chi connectivity index (χ2n) is 4.50. The second kappa shape index (κ2) is 6.64. The zero-order chi connectivity index (χ0) is 13.8. The molecule has 1 N–H and O–H groups in total. The Morgan fingerprint density at radius 3 is 2.68 bits per heavy atom. The highest BCUT2D eigenvalue weighted by Crippen LogP contribution is 2.27. The van der Waals surface area contributed by atoms with Gasteiger partial charge in [-0.15, -0.1) is 11.3 Å². The van der Waals surface area contributed by atoms with Crippen molar-refractivity contribution in [1.29, 1.82) is 0 Å². The second-order valence-corrected chi connectivity index (χ2v) is 6.73. The third kappa shape index (κ3) is 3.88. The van der Waals surface area contributed by atoms with Crippen LogP contribution in [0.4, 0.5) is 4.39 Å². The van der Waals surface area contributed by atoms with Crippen molar-refractivity contribution in [1.82, 2.24) is 5.32 Å². The lowest BCUT2D eigenvalue weighted by molar-refractivity contribution is 0.534. The highest BCUT2D eigenvalue weighted by atomic mass is 79.9. The number of likely N-dealkylation sites (N-methyl/N-ethyl adjacent to an activating group) is 1. The Labute approximate surface area is 126 Å². The molecule has 2 aromatic rings. The average Bonchev–Trinajstić information content (AvgIpc) is 2.78. The molecule has 0 spiro atoms. The number of hydrogen-bond donors (Lipinski definition) is 1. The maximum absolute atomic E-state index is 13.9. The van der Waals surface area contributed by atoms with Crippen LogP contribution in [-0.4, -0.2) is 6.54 Å². The molecular weight excluding hydrogens is 325 g/mol. The lowest BCUT2D eigenvalue weighted by Gasteiger charge is -2.17. The summed E-state index contributed by atoms with van der Waals surface area (Å²) < 4.78 is 14.7. The number of thiophene rings is 1. The van der Waals surface area contributed by atoms with Crippen LogP contribution < -0.4 is 5.32 Å². The predicted molar refractivity (Wildman–Crippen MR) is 83.3 cm³/mol. The van der Waals surface area contributed by atoms with Crippen LogP contribution in [0.15, 0.2) is 34.8 Å². The number of rotatable bonds is 5. The largest absolute Gasteiger partial charge is 0.309 e. The van der Waals surface area contributed by atoms with Gasteiger partial charge in [0.15, 0.2) is 0 Å². The van der Waals surface area contributed by atoms with Gasteiger partial charge in [0.1, 0.15) is 5.82 Å². The molecule has 0 saturated heterocycles. The molecule has 0 aliphatic carbocycles. The minimum atomic E-state index is -0.148. The lowest BCUT2D eigenvalue weighted by atomic mass is 10.0. The van der Waals surface area contributed by atoms with E-state index >= 15 is 0 Å². The zero-order valence-electron chi connectivity index (χ0n) is 11.0. The van der Waals surface area contributed by atoms with Crippen LogP contribution in [0.5, 0.6) is 0 Å². The topological polar surface area (TPSA) is 12.0 Å². The van der Waals surface area contributed by atoms with Gasteiger partial charge < -0.3 is 5.32 Å². The van der Waals surface area contributed by atoms with Crippen LogP contribution in [0, 0.1) is 12.7 Å². The molecule has 0 amide bonds. The Balaban J connectivity index is 2.21. The highest BCUT2D eigenvalue weighted by molar-refractivity contribution is 9.10. The van der Waals surface area contributed by atoms with Crippen molar-refractivity contribution < 1.29 is 4.39 Å².